The van der Waals surface area contributed by atoms with Crippen LogP contribution in [-0.4, -0.2) is 276 Å². The fourth-order valence-electron chi connectivity index (χ4n) is 17.5. The third-order valence-electron chi connectivity index (χ3n) is 24.8. The van der Waals surface area contributed by atoms with E-state index in [0.29, 0.717) is 45.1 Å². The molecule has 25 nitrogen and oxygen atoms in total. The minimum Gasteiger partial charge on any atom is -0.347 e. The molecular weight excluding hydrogens is 1380 g/mol. The predicted molar refractivity (Wildman–Crippen MR) is 392 cm³/mol. The van der Waals surface area contributed by atoms with Crippen LogP contribution in [0.5, 0.6) is 0 Å². The lowest BCUT2D eigenvalue weighted by Crippen LogP contribution is -2.65. The Kier molecular flexibility index (Phi) is 31.2. The first-order valence-corrected chi connectivity index (χ1v) is 39.6. The topological polar surface area (TPSA) is 282 Å². The fraction of sp³-hybridized carbons (Fsp3) is 0.842. The van der Waals surface area contributed by atoms with Gasteiger partial charge in [0.1, 0.15) is 59.9 Å². The second-order valence-electron chi connectivity index (χ2n) is 32.8. The molecule has 0 aromatic rings. The second kappa shape index (κ2) is 38.2. The zero-order valence-corrected chi connectivity index (χ0v) is 65.9. The molecule has 4 N–H and O–H groups in total. The highest BCUT2D eigenvalue weighted by molar-refractivity contribution is 6.21. The van der Waals surface area contributed by atoms with Gasteiger partial charge in [0.15, 0.2) is 0 Å². The summed E-state index contributed by atoms with van der Waals surface area (Å²) in [6.07, 6.45) is 6.51. The molecule has 12 amide bonds. The number of rotatable bonds is 14. The molecule has 4 aliphatic carbocycles. The summed E-state index contributed by atoms with van der Waals surface area (Å²) in [6, 6.07) is -11.0. The number of carbonyl (C=O) groups excluding carboxylic acids is 12. The summed E-state index contributed by atoms with van der Waals surface area (Å²) < 4.78 is 42.4. The number of nitrogens with one attached hydrogen (secondary N) is 4. The van der Waals surface area contributed by atoms with E-state index in [1.165, 1.54) is 114 Å². The lowest BCUT2D eigenvalue weighted by Gasteiger charge is -2.45. The lowest BCUT2D eigenvalue weighted by atomic mass is 9.78. The molecule has 0 radical (unpaired) electrons. The van der Waals surface area contributed by atoms with Crippen molar-refractivity contribution < 1.29 is 70.7 Å². The average Bonchev–Trinajstić information content (AvgIpc) is 1.70. The van der Waals surface area contributed by atoms with Crippen molar-refractivity contribution in [1.29, 1.82) is 0 Å². The van der Waals surface area contributed by atoms with E-state index in [-0.39, 0.29) is 101 Å². The number of alkyl halides is 4. The number of carbonyl (C=O) groups is 12. The first-order valence-electron chi connectivity index (χ1n) is 39.1. The van der Waals surface area contributed by atoms with Crippen molar-refractivity contribution in [2.75, 3.05) is 89.6 Å². The normalized spacial score (nSPS) is 31.1. The molecule has 3 saturated heterocycles. The van der Waals surface area contributed by atoms with Gasteiger partial charge in [-0.3, -0.25) is 57.5 Å². The summed E-state index contributed by atoms with van der Waals surface area (Å²) in [6.45, 7) is 9.90. The standard InChI is InChI=1S/C76H125ClF3N13O12/c1-15-47(4)63-72(103)87(9)48(5)67(98)93-39-35-57(93)71(102)90(12)59(42-49-24-17-16-18-25-49)70(101)86(8)45-61(94)82-55(33-30-50-29-32-53(54(77)41-50)76(78,79)80)68(99)89(11)56(34-31-51-26-23-38-81-44-51)66(97)84-75(36-21-22-37-75)74(105)92(14)64(52-27-19-20-28-52)73(104)91(13)60(69(100)85(6)7)43-62(95)88(10)58(40-46(2)3)65(96)83-63/h46-60,63-64,81H,15-45H2,1-14H3,(H,82,94)(H,83,96)(H,84,97)/t47-,48-,50?,51?,53?,54?,55-,56-,57-,58-,59-,60-,63-,64-/m0/s1. The third-order valence-corrected chi connectivity index (χ3v) is 25.3. The van der Waals surface area contributed by atoms with Crippen LogP contribution < -0.4 is 21.3 Å². The Morgan fingerprint density at radius 1 is 0.619 bits per heavy atom. The van der Waals surface area contributed by atoms with Gasteiger partial charge in [-0.25, -0.2) is 0 Å². The van der Waals surface area contributed by atoms with Gasteiger partial charge < -0.3 is 65.4 Å². The summed E-state index contributed by atoms with van der Waals surface area (Å²) >= 11 is 6.47. The molecule has 0 bridgehead atoms. The summed E-state index contributed by atoms with van der Waals surface area (Å²) in [7, 11) is 13.2. The van der Waals surface area contributed by atoms with Crippen LogP contribution in [0, 0.1) is 41.4 Å². The molecular formula is C76H125ClF3N13O12. The SMILES string of the molecule is CC[C@H](C)[C@@H]1NC(=O)[C@H](CC(C)C)N(C)C(=O)C[C@@H](C(=O)N(C)C)N(C)C(=O)[C@H](C2CCCC2)N(C)C(=O)C2(CCCC2)NC(=O)[C@H](CCC2CCCNC2)N(C)C(=O)[C@H](CCC2CCC(C(F)(F)F)C(Cl)C2)NC(=O)CN(C)C(=O)[C@H](CC2CCCCC2)N(C)C(=O)[C@@H]2CCN2C(=O)[C@H](C)N(C)C1=O. The molecule has 0 aromatic heterocycles. The fourth-order valence-corrected chi connectivity index (χ4v) is 18.0. The highest BCUT2D eigenvalue weighted by atomic mass is 35.5. The van der Waals surface area contributed by atoms with Crippen LogP contribution in [0.3, 0.4) is 0 Å². The highest BCUT2D eigenvalue weighted by Gasteiger charge is 2.53. The minimum atomic E-state index is -4.52. The number of nitrogens with zero attached hydrogens (tertiary/aromatic N) is 9. The van der Waals surface area contributed by atoms with Gasteiger partial charge in [0.2, 0.25) is 70.9 Å². The van der Waals surface area contributed by atoms with Crippen LogP contribution in [0.15, 0.2) is 0 Å². The Morgan fingerprint density at radius 3 is 1.81 bits per heavy atom. The quantitative estimate of drug-likeness (QED) is 0.139. The Morgan fingerprint density at radius 2 is 1.24 bits per heavy atom. The van der Waals surface area contributed by atoms with E-state index in [1.807, 2.05) is 20.8 Å². The Hall–Kier alpha value is -6.32. The van der Waals surface area contributed by atoms with Crippen molar-refractivity contribution in [3.05, 3.63) is 0 Å². The average molecular weight is 1510 g/mol. The van der Waals surface area contributed by atoms with E-state index in [4.69, 9.17) is 11.6 Å². The number of halogens is 4. The van der Waals surface area contributed by atoms with Crippen LogP contribution in [0.1, 0.15) is 208 Å². The van der Waals surface area contributed by atoms with Crippen LogP contribution in [0.25, 0.3) is 0 Å². The zero-order valence-electron chi connectivity index (χ0n) is 65.2. The molecule has 29 heteroatoms. The van der Waals surface area contributed by atoms with Crippen LogP contribution in [0.2, 0.25) is 0 Å². The van der Waals surface area contributed by atoms with E-state index < -0.39 is 173 Å². The maximum absolute atomic E-state index is 15.9. The van der Waals surface area contributed by atoms with Crippen molar-refractivity contribution in [3.8, 4) is 0 Å². The molecule has 3 aliphatic heterocycles. The Labute approximate surface area is 626 Å². The van der Waals surface area contributed by atoms with Crippen molar-refractivity contribution in [1.82, 2.24) is 65.4 Å². The molecule has 7 rings (SSSR count). The van der Waals surface area contributed by atoms with Crippen LogP contribution >= 0.6 is 11.6 Å². The number of piperidine rings is 1. The maximum atomic E-state index is 15.9. The molecule has 4 saturated carbocycles. The van der Waals surface area contributed by atoms with Gasteiger partial charge in [-0.05, 0) is 158 Å². The summed E-state index contributed by atoms with van der Waals surface area (Å²) in [5.41, 5.74) is -1.59. The van der Waals surface area contributed by atoms with Gasteiger partial charge in [-0.15, -0.1) is 11.6 Å². The van der Waals surface area contributed by atoms with Gasteiger partial charge in [0, 0.05) is 75.4 Å². The Balaban J connectivity index is 1.31. The van der Waals surface area contributed by atoms with Crippen molar-refractivity contribution in [2.24, 2.45) is 41.4 Å². The van der Waals surface area contributed by atoms with E-state index >= 15 is 24.0 Å². The molecule has 105 heavy (non-hydrogen) atoms. The summed E-state index contributed by atoms with van der Waals surface area (Å²) in [5.74, 6) is -10.6. The molecule has 7 fully saturated rings. The van der Waals surface area contributed by atoms with E-state index in [9.17, 15) is 46.7 Å². The predicted octanol–water partition coefficient (Wildman–Crippen LogP) is 6.32. The van der Waals surface area contributed by atoms with Crippen molar-refractivity contribution in [2.45, 2.75) is 279 Å². The smallest absolute Gasteiger partial charge is 0.347 e. The Bertz CT molecular complexity index is 3050. The van der Waals surface area contributed by atoms with Gasteiger partial charge in [-0.1, -0.05) is 91.9 Å². The molecule has 594 valence electrons. The first-order chi connectivity index (χ1) is 49.4. The molecule has 1 spiro atoms. The number of likely N-dealkylation sites (N-methyl/N-ethyl adjacent to an activating group) is 8. The highest BCUT2D eigenvalue weighted by Crippen LogP contribution is 2.44. The summed E-state index contributed by atoms with van der Waals surface area (Å²) in [4.78, 5) is 193. The molecule has 14 atom stereocenters. The van der Waals surface area contributed by atoms with Gasteiger partial charge in [0.25, 0.3) is 0 Å². The van der Waals surface area contributed by atoms with Crippen molar-refractivity contribution >= 4 is 82.5 Å². The van der Waals surface area contributed by atoms with E-state index in [1.54, 1.807) is 6.92 Å². The van der Waals surface area contributed by atoms with Crippen molar-refractivity contribution in [3.63, 3.8) is 0 Å². The lowest BCUT2D eigenvalue weighted by molar-refractivity contribution is -0.182. The first kappa shape index (κ1) is 85.9. The monoisotopic (exact) mass is 1500 g/mol. The van der Waals surface area contributed by atoms with Gasteiger partial charge in [-0.2, -0.15) is 13.2 Å². The number of amides is 12. The number of hydrogen-bond donors (Lipinski definition) is 4. The molecule has 7 aliphatic rings. The van der Waals surface area contributed by atoms with Gasteiger partial charge in [0.05, 0.1) is 18.9 Å². The second-order valence-corrected chi connectivity index (χ2v) is 33.3. The van der Waals surface area contributed by atoms with E-state index in [2.05, 4.69) is 21.3 Å². The molecule has 3 heterocycles. The van der Waals surface area contributed by atoms with Gasteiger partial charge >= 0.3 is 6.18 Å². The third kappa shape index (κ3) is 21.3. The maximum Gasteiger partial charge on any atom is 0.393 e. The van der Waals surface area contributed by atoms with Crippen LogP contribution in [0.4, 0.5) is 13.2 Å². The summed E-state index contributed by atoms with van der Waals surface area (Å²) in [5, 5.41) is 11.2. The molecule has 0 aromatic carbocycles. The van der Waals surface area contributed by atoms with E-state index in [0.717, 1.165) is 64.3 Å². The zero-order chi connectivity index (χ0) is 77.7. The number of fused-ring (bicyclic) bond motifs is 1. The largest absolute Gasteiger partial charge is 0.393 e. The van der Waals surface area contributed by atoms with Crippen LogP contribution in [-0.2, 0) is 57.5 Å². The molecule has 4 unspecified atom stereocenters. The minimum absolute atomic E-state index is 0.00990. The number of hydrogen-bond acceptors (Lipinski definition) is 13.